The molecule has 0 aliphatic carbocycles. The van der Waals surface area contributed by atoms with Crippen LogP contribution in [0.1, 0.15) is 44.4 Å². The lowest BCUT2D eigenvalue weighted by molar-refractivity contribution is 0.0932. The number of thiophene rings is 1. The fourth-order valence-corrected chi connectivity index (χ4v) is 3.93. The van der Waals surface area contributed by atoms with Crippen LogP contribution in [-0.4, -0.2) is 26.4 Å². The molecule has 1 aromatic carbocycles. The van der Waals surface area contributed by atoms with Crippen LogP contribution in [0.5, 0.6) is 0 Å². The summed E-state index contributed by atoms with van der Waals surface area (Å²) in [5.41, 5.74) is 1.25. The van der Waals surface area contributed by atoms with E-state index in [2.05, 4.69) is 20.7 Å². The largest absolute Gasteiger partial charge is 0.347 e. The molecule has 3 aromatic heterocycles. The Morgan fingerprint density at radius 2 is 2.06 bits per heavy atom. The molecule has 0 aliphatic rings. The molecule has 4 rings (SSSR count). The number of amides is 2. The first-order valence-electron chi connectivity index (χ1n) is 9.33. The van der Waals surface area contributed by atoms with Gasteiger partial charge in [0.1, 0.15) is 17.2 Å². The van der Waals surface area contributed by atoms with Crippen LogP contribution < -0.4 is 10.6 Å². The molecule has 0 saturated heterocycles. The van der Waals surface area contributed by atoms with E-state index in [0.29, 0.717) is 11.2 Å². The summed E-state index contributed by atoms with van der Waals surface area (Å²) in [5.74, 6) is -1.39. The second kappa shape index (κ2) is 8.83. The fourth-order valence-electron chi connectivity index (χ4n) is 2.99. The number of nitrogens with zero attached hydrogens (tertiary/aromatic N) is 3. The summed E-state index contributed by atoms with van der Waals surface area (Å²) in [6.07, 6.45) is 1.50. The van der Waals surface area contributed by atoms with Crippen LogP contribution in [0, 0.1) is 5.82 Å². The third-order valence-electron chi connectivity index (χ3n) is 4.58. The minimum absolute atomic E-state index is 0.0237. The molecule has 31 heavy (non-hydrogen) atoms. The molecule has 10 heteroatoms. The first-order chi connectivity index (χ1) is 14.9. The highest BCUT2D eigenvalue weighted by molar-refractivity contribution is 7.10. The number of rotatable bonds is 6. The van der Waals surface area contributed by atoms with Crippen molar-refractivity contribution < 1.29 is 14.0 Å². The van der Waals surface area contributed by atoms with Crippen molar-refractivity contribution in [3.05, 3.63) is 86.7 Å². The van der Waals surface area contributed by atoms with Gasteiger partial charge in [-0.25, -0.2) is 13.9 Å². The normalized spacial score (nSPS) is 12.0. The molecule has 2 N–H and O–H groups in total. The van der Waals surface area contributed by atoms with Gasteiger partial charge in [0.15, 0.2) is 5.65 Å². The molecule has 1 atom stereocenters. The number of nitrogens with one attached hydrogen (secondary N) is 2. The van der Waals surface area contributed by atoms with Gasteiger partial charge in [-0.3, -0.25) is 9.59 Å². The van der Waals surface area contributed by atoms with E-state index in [9.17, 15) is 14.0 Å². The number of carbonyl (C=O) groups excluding carboxylic acids is 2. The van der Waals surface area contributed by atoms with Crippen molar-refractivity contribution in [1.82, 2.24) is 25.2 Å². The zero-order valence-corrected chi connectivity index (χ0v) is 17.9. The van der Waals surface area contributed by atoms with Gasteiger partial charge < -0.3 is 10.6 Å². The molecule has 2 amide bonds. The molecule has 0 aliphatic heterocycles. The molecular weight excluding hydrogens is 441 g/mol. The summed E-state index contributed by atoms with van der Waals surface area (Å²) >= 11 is 7.32. The van der Waals surface area contributed by atoms with Crippen LogP contribution in [0.3, 0.4) is 0 Å². The monoisotopic (exact) mass is 457 g/mol. The van der Waals surface area contributed by atoms with E-state index in [1.165, 1.54) is 35.0 Å². The first kappa shape index (κ1) is 21.0. The highest BCUT2D eigenvalue weighted by Crippen LogP contribution is 2.19. The van der Waals surface area contributed by atoms with Crippen LogP contribution in [0.2, 0.25) is 5.02 Å². The quantitative estimate of drug-likeness (QED) is 0.458. The Morgan fingerprint density at radius 1 is 1.23 bits per heavy atom. The van der Waals surface area contributed by atoms with Gasteiger partial charge in [-0.05, 0) is 36.1 Å². The van der Waals surface area contributed by atoms with Crippen molar-refractivity contribution in [2.24, 2.45) is 0 Å². The number of carbonyl (C=O) groups is 2. The Morgan fingerprint density at radius 3 is 2.81 bits per heavy atom. The van der Waals surface area contributed by atoms with Crippen LogP contribution in [-0.2, 0) is 6.54 Å². The van der Waals surface area contributed by atoms with Gasteiger partial charge in [-0.15, -0.1) is 11.3 Å². The van der Waals surface area contributed by atoms with Crippen molar-refractivity contribution in [3.63, 3.8) is 0 Å². The average Bonchev–Trinajstić information content (AvgIpc) is 3.45. The van der Waals surface area contributed by atoms with Crippen LogP contribution >= 0.6 is 22.9 Å². The highest BCUT2D eigenvalue weighted by atomic mass is 35.5. The lowest BCUT2D eigenvalue weighted by Gasteiger charge is -2.13. The van der Waals surface area contributed by atoms with Crippen molar-refractivity contribution >= 4 is 40.4 Å². The highest BCUT2D eigenvalue weighted by Gasteiger charge is 2.19. The second-order valence-corrected chi connectivity index (χ2v) is 8.16. The molecule has 158 valence electrons. The maximum Gasteiger partial charge on any atom is 0.270 e. The molecule has 0 fully saturated rings. The first-order valence-corrected chi connectivity index (χ1v) is 10.6. The van der Waals surface area contributed by atoms with Crippen molar-refractivity contribution in [2.45, 2.75) is 19.5 Å². The van der Waals surface area contributed by atoms with E-state index >= 15 is 0 Å². The molecule has 7 nitrogen and oxygen atoms in total. The second-order valence-electron chi connectivity index (χ2n) is 6.77. The molecule has 3 heterocycles. The van der Waals surface area contributed by atoms with E-state index in [0.717, 1.165) is 4.88 Å². The van der Waals surface area contributed by atoms with Crippen molar-refractivity contribution in [3.8, 4) is 0 Å². The number of fused-ring (bicyclic) bond motifs is 1. The van der Waals surface area contributed by atoms with Crippen molar-refractivity contribution in [1.29, 1.82) is 0 Å². The van der Waals surface area contributed by atoms with Gasteiger partial charge >= 0.3 is 0 Å². The molecular formula is C21H17ClFN5O2S. The van der Waals surface area contributed by atoms with Gasteiger partial charge in [0.25, 0.3) is 11.8 Å². The summed E-state index contributed by atoms with van der Waals surface area (Å²) < 4.78 is 14.7. The average molecular weight is 458 g/mol. The van der Waals surface area contributed by atoms with Crippen molar-refractivity contribution in [2.75, 3.05) is 0 Å². The van der Waals surface area contributed by atoms with Gasteiger partial charge in [-0.2, -0.15) is 5.10 Å². The van der Waals surface area contributed by atoms with E-state index in [-0.39, 0.29) is 34.9 Å². The molecule has 4 aromatic rings. The summed E-state index contributed by atoms with van der Waals surface area (Å²) in [6, 6.07) is 10.8. The minimum Gasteiger partial charge on any atom is -0.347 e. The van der Waals surface area contributed by atoms with Crippen LogP contribution in [0.25, 0.3) is 5.65 Å². The summed E-state index contributed by atoms with van der Waals surface area (Å²) in [6.45, 7) is 2.01. The summed E-state index contributed by atoms with van der Waals surface area (Å²) in [7, 11) is 0. The predicted octanol–water partition coefficient (Wildman–Crippen LogP) is 4.00. The van der Waals surface area contributed by atoms with Gasteiger partial charge in [-0.1, -0.05) is 23.7 Å². The lowest BCUT2D eigenvalue weighted by Crippen LogP contribution is -2.30. The number of aromatic nitrogens is 3. The Labute approximate surface area is 185 Å². The van der Waals surface area contributed by atoms with E-state index < -0.39 is 11.7 Å². The fraction of sp³-hybridized carbons (Fsp3) is 0.143. The third kappa shape index (κ3) is 4.57. The smallest absolute Gasteiger partial charge is 0.270 e. The van der Waals surface area contributed by atoms with Crippen LogP contribution in [0.15, 0.2) is 54.0 Å². The zero-order valence-electron chi connectivity index (χ0n) is 16.3. The number of hydrogen-bond acceptors (Lipinski definition) is 5. The van der Waals surface area contributed by atoms with Gasteiger partial charge in [0.2, 0.25) is 0 Å². The molecule has 0 saturated carbocycles. The van der Waals surface area contributed by atoms with E-state index in [4.69, 9.17) is 11.6 Å². The Balaban J connectivity index is 1.55. The lowest BCUT2D eigenvalue weighted by atomic mass is 10.2. The third-order valence-corrected chi connectivity index (χ3v) is 5.92. The molecule has 0 spiro atoms. The molecule has 0 bridgehead atoms. The zero-order chi connectivity index (χ0) is 22.0. The minimum atomic E-state index is -0.531. The van der Waals surface area contributed by atoms with E-state index in [1.54, 1.807) is 17.4 Å². The summed E-state index contributed by atoms with van der Waals surface area (Å²) in [5, 5.41) is 11.7. The standard InChI is InChI=1S/C21H17ClFN5O2S/c1-12(18-3-2-8-31-18)26-21(30)17-10-16(27-19-6-7-25-28(17)19)20(29)24-11-13-4-5-15(23)14(22)9-13/h2-10,12H,11H2,1H3,(H,24,29)(H,26,30). The summed E-state index contributed by atoms with van der Waals surface area (Å²) in [4.78, 5) is 30.9. The maximum atomic E-state index is 13.3. The predicted molar refractivity (Wildman–Crippen MR) is 116 cm³/mol. The number of benzene rings is 1. The Kier molecular flexibility index (Phi) is 5.97. The van der Waals surface area contributed by atoms with E-state index in [1.807, 2.05) is 24.4 Å². The van der Waals surface area contributed by atoms with Gasteiger partial charge in [0.05, 0.1) is 17.3 Å². The van der Waals surface area contributed by atoms with Crippen LogP contribution in [0.4, 0.5) is 4.39 Å². The number of halogens is 2. The molecule has 1 unspecified atom stereocenters. The SMILES string of the molecule is CC(NC(=O)c1cc(C(=O)NCc2ccc(F)c(Cl)c2)nc2ccnn12)c1cccs1. The Hall–Kier alpha value is -3.30. The van der Waals surface area contributed by atoms with Gasteiger partial charge in [0, 0.05) is 23.6 Å². The maximum absolute atomic E-state index is 13.3. The topological polar surface area (TPSA) is 88.4 Å². The Bertz CT molecular complexity index is 1260. The number of hydrogen-bond donors (Lipinski definition) is 2. The molecule has 0 radical (unpaired) electrons.